The highest BCUT2D eigenvalue weighted by molar-refractivity contribution is 6.31. The fourth-order valence-electron chi connectivity index (χ4n) is 5.86. The first-order valence-corrected chi connectivity index (χ1v) is 16.8. The van der Waals surface area contributed by atoms with Gasteiger partial charge in [0.2, 0.25) is 5.91 Å². The molecular weight excluding hydrogens is 622 g/mol. The normalized spacial score (nSPS) is 18.5. The molecule has 7 N–H and O–H groups in total. The molecule has 2 aromatic carbocycles. The fourth-order valence-corrected chi connectivity index (χ4v) is 6.05. The third-order valence-corrected chi connectivity index (χ3v) is 9.58. The van der Waals surface area contributed by atoms with E-state index in [1.165, 1.54) is 0 Å². The van der Waals surface area contributed by atoms with Gasteiger partial charge in [-0.2, -0.15) is 0 Å². The molecule has 2 fully saturated rings. The van der Waals surface area contributed by atoms with Crippen LogP contribution in [0, 0.1) is 0 Å². The van der Waals surface area contributed by atoms with Crippen molar-refractivity contribution in [2.45, 2.75) is 100 Å². The van der Waals surface area contributed by atoms with E-state index in [2.05, 4.69) is 40.7 Å². The first-order valence-electron chi connectivity index (χ1n) is 16.5. The van der Waals surface area contributed by atoms with Crippen molar-refractivity contribution < 1.29 is 35.1 Å². The van der Waals surface area contributed by atoms with Crippen LogP contribution >= 0.6 is 11.6 Å². The predicted molar refractivity (Wildman–Crippen MR) is 179 cm³/mol. The lowest BCUT2D eigenvalue weighted by molar-refractivity contribution is -0.126. The summed E-state index contributed by atoms with van der Waals surface area (Å²) in [5, 5.41) is 55.0. The number of pyridine rings is 1. The molecule has 3 aromatic rings. The molecule has 1 amide bonds. The van der Waals surface area contributed by atoms with Crippen LogP contribution in [0.25, 0.3) is 11.1 Å². The second-order valence-corrected chi connectivity index (χ2v) is 13.3. The summed E-state index contributed by atoms with van der Waals surface area (Å²) < 4.78 is 6.25. The van der Waals surface area contributed by atoms with Crippen molar-refractivity contribution in [2.75, 3.05) is 13.2 Å². The molecule has 5 unspecified atom stereocenters. The number of benzene rings is 2. The number of rotatable bonds is 18. The van der Waals surface area contributed by atoms with Crippen LogP contribution in [0.4, 0.5) is 0 Å². The van der Waals surface area contributed by atoms with Crippen molar-refractivity contribution in [3.8, 4) is 16.9 Å². The number of halogens is 1. The third-order valence-electron chi connectivity index (χ3n) is 9.21. The summed E-state index contributed by atoms with van der Waals surface area (Å²) in [5.41, 5.74) is 5.30. The molecule has 11 heteroatoms. The number of aromatic nitrogens is 1. The standard InChI is InChI=1S/C36H46ClN3O7/c1-22(5-4-8-33(44)39-20-30(42)34(45)35(46)31(43)21-41)23-9-12-29(37)24(17-23)18-40-36(14-15-36)28-19-38-16-13-26(28)27-6-2-3-7-32(27)47-25-10-11-25/h2-3,6-7,9,12-13,16-17,19,22,25,30-31,34-35,40-43,45-46H,4-5,8,10-11,14-15,18,20-21H2,1H3,(H,39,44). The summed E-state index contributed by atoms with van der Waals surface area (Å²) >= 11 is 6.67. The SMILES string of the molecule is CC(CCCC(=O)NCC(O)C(O)C(O)C(O)CO)c1ccc(Cl)c(CNC2(c3cnccc3-c3ccccc3OC3CC3)CC2)c1. The summed E-state index contributed by atoms with van der Waals surface area (Å²) in [6.07, 6.45) is 3.33. The monoisotopic (exact) mass is 667 g/mol. The number of carbonyl (C=O) groups is 1. The molecule has 10 nitrogen and oxygen atoms in total. The lowest BCUT2D eigenvalue weighted by atomic mass is 9.93. The number of aliphatic hydroxyl groups excluding tert-OH is 5. The minimum atomic E-state index is -1.73. The van der Waals surface area contributed by atoms with Gasteiger partial charge in [0.15, 0.2) is 0 Å². The van der Waals surface area contributed by atoms with E-state index in [4.69, 9.17) is 21.4 Å². The van der Waals surface area contributed by atoms with Crippen LogP contribution in [0.3, 0.4) is 0 Å². The second kappa shape index (κ2) is 15.9. The van der Waals surface area contributed by atoms with Crippen LogP contribution in [0.15, 0.2) is 60.9 Å². The van der Waals surface area contributed by atoms with E-state index in [0.717, 1.165) is 65.7 Å². The molecule has 2 aliphatic rings. The summed E-state index contributed by atoms with van der Waals surface area (Å²) in [7, 11) is 0. The Morgan fingerprint density at radius 3 is 2.51 bits per heavy atom. The second-order valence-electron chi connectivity index (χ2n) is 12.9. The molecule has 47 heavy (non-hydrogen) atoms. The zero-order valence-corrected chi connectivity index (χ0v) is 27.4. The molecule has 0 spiro atoms. The van der Waals surface area contributed by atoms with Gasteiger partial charge in [-0.1, -0.05) is 48.9 Å². The summed E-state index contributed by atoms with van der Waals surface area (Å²) in [6.45, 7) is 1.65. The molecule has 0 aliphatic heterocycles. The maximum atomic E-state index is 12.3. The van der Waals surface area contributed by atoms with Gasteiger partial charge in [-0.25, -0.2) is 0 Å². The zero-order chi connectivity index (χ0) is 33.6. The maximum Gasteiger partial charge on any atom is 0.220 e. The Labute approximate surface area is 280 Å². The van der Waals surface area contributed by atoms with Crippen molar-refractivity contribution in [1.29, 1.82) is 0 Å². The molecule has 2 saturated carbocycles. The van der Waals surface area contributed by atoms with Gasteiger partial charge >= 0.3 is 0 Å². The van der Waals surface area contributed by atoms with Crippen molar-refractivity contribution in [2.24, 2.45) is 0 Å². The van der Waals surface area contributed by atoms with Gasteiger partial charge in [-0.15, -0.1) is 0 Å². The number of nitrogens with zero attached hydrogens (tertiary/aromatic N) is 1. The van der Waals surface area contributed by atoms with Crippen molar-refractivity contribution >= 4 is 17.5 Å². The first kappa shape index (κ1) is 35.2. The Balaban J connectivity index is 1.15. The number of nitrogens with one attached hydrogen (secondary N) is 2. The molecule has 1 heterocycles. The van der Waals surface area contributed by atoms with Crippen LogP contribution in [0.5, 0.6) is 5.75 Å². The van der Waals surface area contributed by atoms with Gasteiger partial charge in [-0.05, 0) is 84.9 Å². The van der Waals surface area contributed by atoms with E-state index in [1.807, 2.05) is 42.7 Å². The average Bonchev–Trinajstić information content (AvgIpc) is 4.03. The number of hydrogen-bond acceptors (Lipinski definition) is 9. The van der Waals surface area contributed by atoms with Crippen LogP contribution in [-0.4, -0.2) is 80.1 Å². The Hall–Kier alpha value is -3.09. The summed E-state index contributed by atoms with van der Waals surface area (Å²) in [4.78, 5) is 16.8. The molecule has 254 valence electrons. The summed E-state index contributed by atoms with van der Waals surface area (Å²) in [6, 6.07) is 16.4. The molecule has 5 rings (SSSR count). The molecule has 0 saturated heterocycles. The highest BCUT2D eigenvalue weighted by Crippen LogP contribution is 2.50. The lowest BCUT2D eigenvalue weighted by Crippen LogP contribution is -2.49. The number of amides is 1. The highest BCUT2D eigenvalue weighted by atomic mass is 35.5. The van der Waals surface area contributed by atoms with Crippen LogP contribution in [0.2, 0.25) is 5.02 Å². The van der Waals surface area contributed by atoms with E-state index in [9.17, 15) is 25.2 Å². The first-order chi connectivity index (χ1) is 22.6. The zero-order valence-electron chi connectivity index (χ0n) is 26.7. The van der Waals surface area contributed by atoms with Crippen molar-refractivity contribution in [3.63, 3.8) is 0 Å². The fraction of sp³-hybridized carbons (Fsp3) is 0.500. The third kappa shape index (κ3) is 9.08. The minimum absolute atomic E-state index is 0.170. The van der Waals surface area contributed by atoms with Crippen molar-refractivity contribution in [3.05, 3.63) is 82.6 Å². The molecule has 1 aromatic heterocycles. The number of ether oxygens (including phenoxy) is 1. The van der Waals surface area contributed by atoms with E-state index in [0.29, 0.717) is 24.1 Å². The minimum Gasteiger partial charge on any atom is -0.490 e. The largest absolute Gasteiger partial charge is 0.490 e. The van der Waals surface area contributed by atoms with Crippen molar-refractivity contribution in [1.82, 2.24) is 15.6 Å². The number of carbonyl (C=O) groups excluding carboxylic acids is 1. The summed E-state index contributed by atoms with van der Waals surface area (Å²) in [5.74, 6) is 0.781. The molecular formula is C36H46ClN3O7. The van der Waals surface area contributed by atoms with Crippen LogP contribution in [-0.2, 0) is 16.9 Å². The van der Waals surface area contributed by atoms with Gasteiger partial charge in [0.1, 0.15) is 24.1 Å². The topological polar surface area (TPSA) is 164 Å². The molecule has 2 aliphatic carbocycles. The average molecular weight is 668 g/mol. The van der Waals surface area contributed by atoms with Gasteiger partial charge in [0, 0.05) is 48.0 Å². The van der Waals surface area contributed by atoms with Gasteiger partial charge in [0.05, 0.1) is 18.8 Å². The van der Waals surface area contributed by atoms with E-state index >= 15 is 0 Å². The van der Waals surface area contributed by atoms with E-state index < -0.39 is 31.0 Å². The quantitative estimate of drug-likeness (QED) is 0.107. The molecule has 0 radical (unpaired) electrons. The number of aliphatic hydroxyl groups is 5. The predicted octanol–water partition coefficient (Wildman–Crippen LogP) is 3.55. The highest BCUT2D eigenvalue weighted by Gasteiger charge is 2.46. The Morgan fingerprint density at radius 2 is 1.79 bits per heavy atom. The number of hydrogen-bond donors (Lipinski definition) is 7. The Bertz CT molecular complexity index is 1500. The number of para-hydroxylation sites is 1. The lowest BCUT2D eigenvalue weighted by Gasteiger charge is -2.25. The van der Waals surface area contributed by atoms with Gasteiger partial charge in [0.25, 0.3) is 0 Å². The Morgan fingerprint density at radius 1 is 1.04 bits per heavy atom. The molecule has 5 atom stereocenters. The van der Waals surface area contributed by atoms with E-state index in [1.54, 1.807) is 0 Å². The maximum absolute atomic E-state index is 12.3. The van der Waals surface area contributed by atoms with Crippen LogP contribution < -0.4 is 15.4 Å². The molecule has 0 bridgehead atoms. The van der Waals surface area contributed by atoms with Crippen LogP contribution in [0.1, 0.15) is 74.5 Å². The Kier molecular flexibility index (Phi) is 11.9. The smallest absolute Gasteiger partial charge is 0.220 e. The van der Waals surface area contributed by atoms with Gasteiger partial charge in [-0.3, -0.25) is 9.78 Å². The van der Waals surface area contributed by atoms with Gasteiger partial charge < -0.3 is 40.9 Å². The van der Waals surface area contributed by atoms with E-state index in [-0.39, 0.29) is 30.3 Å².